The Kier molecular flexibility index (Phi) is 3.02. The minimum absolute atomic E-state index is 0.0267. The molecule has 0 heterocycles. The number of carbonyl (C=O) groups is 1. The van der Waals surface area contributed by atoms with Gasteiger partial charge in [-0.15, -0.1) is 0 Å². The predicted octanol–water partition coefficient (Wildman–Crippen LogP) is 3.12. The van der Waals surface area contributed by atoms with Gasteiger partial charge in [-0.3, -0.25) is 4.79 Å². The standard InChI is InChI=1S/C14H14O2/c1-10(15)14(16-2)13-9-5-7-11-6-3-4-8-12(11)13/h3-9,14H,1-2H3. The Balaban J connectivity index is 2.63. The van der Waals surface area contributed by atoms with Crippen molar-refractivity contribution >= 4 is 16.6 Å². The Morgan fingerprint density at radius 3 is 2.50 bits per heavy atom. The van der Waals surface area contributed by atoms with E-state index >= 15 is 0 Å². The summed E-state index contributed by atoms with van der Waals surface area (Å²) in [5.74, 6) is 0.0267. The van der Waals surface area contributed by atoms with Crippen LogP contribution in [0, 0.1) is 0 Å². The van der Waals surface area contributed by atoms with E-state index in [2.05, 4.69) is 0 Å². The number of fused-ring (bicyclic) bond motifs is 1. The van der Waals surface area contributed by atoms with Gasteiger partial charge in [-0.25, -0.2) is 0 Å². The Bertz CT molecular complexity index is 512. The first-order chi connectivity index (χ1) is 7.74. The molecule has 2 aromatic rings. The third-order valence-electron chi connectivity index (χ3n) is 2.71. The van der Waals surface area contributed by atoms with Gasteiger partial charge in [-0.05, 0) is 23.3 Å². The zero-order valence-corrected chi connectivity index (χ0v) is 9.44. The highest BCUT2D eigenvalue weighted by Gasteiger charge is 2.17. The van der Waals surface area contributed by atoms with Crippen LogP contribution in [0.5, 0.6) is 0 Å². The van der Waals surface area contributed by atoms with E-state index in [1.807, 2.05) is 42.5 Å². The first-order valence-electron chi connectivity index (χ1n) is 5.25. The van der Waals surface area contributed by atoms with Crippen molar-refractivity contribution in [2.75, 3.05) is 7.11 Å². The van der Waals surface area contributed by atoms with Crippen molar-refractivity contribution in [2.24, 2.45) is 0 Å². The summed E-state index contributed by atoms with van der Waals surface area (Å²) in [6.07, 6.45) is -0.467. The smallest absolute Gasteiger partial charge is 0.163 e. The molecule has 0 spiro atoms. The molecular weight excluding hydrogens is 200 g/mol. The van der Waals surface area contributed by atoms with E-state index in [-0.39, 0.29) is 5.78 Å². The zero-order valence-electron chi connectivity index (χ0n) is 9.44. The van der Waals surface area contributed by atoms with Gasteiger partial charge in [0.1, 0.15) is 6.10 Å². The highest BCUT2D eigenvalue weighted by molar-refractivity contribution is 5.92. The van der Waals surface area contributed by atoms with Gasteiger partial charge >= 0.3 is 0 Å². The van der Waals surface area contributed by atoms with E-state index < -0.39 is 6.10 Å². The van der Waals surface area contributed by atoms with Gasteiger partial charge in [0.15, 0.2) is 5.78 Å². The fourth-order valence-electron chi connectivity index (χ4n) is 1.99. The minimum atomic E-state index is -0.467. The van der Waals surface area contributed by atoms with Gasteiger partial charge in [-0.1, -0.05) is 42.5 Å². The van der Waals surface area contributed by atoms with Crippen molar-refractivity contribution in [3.63, 3.8) is 0 Å². The van der Waals surface area contributed by atoms with Crippen LogP contribution in [-0.2, 0) is 9.53 Å². The second-order valence-corrected chi connectivity index (χ2v) is 3.79. The van der Waals surface area contributed by atoms with Crippen LogP contribution in [0.3, 0.4) is 0 Å². The Labute approximate surface area is 94.8 Å². The second kappa shape index (κ2) is 4.45. The van der Waals surface area contributed by atoms with Crippen LogP contribution < -0.4 is 0 Å². The molecule has 16 heavy (non-hydrogen) atoms. The molecule has 1 unspecified atom stereocenters. The van der Waals surface area contributed by atoms with Gasteiger partial charge < -0.3 is 4.74 Å². The van der Waals surface area contributed by atoms with Gasteiger partial charge in [0.25, 0.3) is 0 Å². The summed E-state index contributed by atoms with van der Waals surface area (Å²) < 4.78 is 5.26. The van der Waals surface area contributed by atoms with Gasteiger partial charge in [-0.2, -0.15) is 0 Å². The second-order valence-electron chi connectivity index (χ2n) is 3.79. The quantitative estimate of drug-likeness (QED) is 0.784. The molecule has 0 fully saturated rings. The lowest BCUT2D eigenvalue weighted by Gasteiger charge is -2.14. The summed E-state index contributed by atoms with van der Waals surface area (Å²) in [6, 6.07) is 13.9. The van der Waals surface area contributed by atoms with Crippen molar-refractivity contribution < 1.29 is 9.53 Å². The highest BCUT2D eigenvalue weighted by Crippen LogP contribution is 2.26. The molecule has 0 radical (unpaired) electrons. The van der Waals surface area contributed by atoms with Gasteiger partial charge in [0.05, 0.1) is 0 Å². The van der Waals surface area contributed by atoms with Gasteiger partial charge in [0, 0.05) is 7.11 Å². The van der Waals surface area contributed by atoms with Crippen LogP contribution in [0.15, 0.2) is 42.5 Å². The van der Waals surface area contributed by atoms with Crippen LogP contribution in [-0.4, -0.2) is 12.9 Å². The molecule has 0 aliphatic carbocycles. The average molecular weight is 214 g/mol. The number of benzene rings is 2. The molecule has 2 aromatic carbocycles. The number of carbonyl (C=O) groups excluding carboxylic acids is 1. The normalized spacial score (nSPS) is 12.6. The largest absolute Gasteiger partial charge is 0.369 e. The summed E-state index contributed by atoms with van der Waals surface area (Å²) in [5, 5.41) is 2.20. The number of ether oxygens (including phenoxy) is 1. The van der Waals surface area contributed by atoms with E-state index in [1.165, 1.54) is 0 Å². The third-order valence-corrected chi connectivity index (χ3v) is 2.71. The summed E-state index contributed by atoms with van der Waals surface area (Å²) in [7, 11) is 1.56. The summed E-state index contributed by atoms with van der Waals surface area (Å²) >= 11 is 0. The van der Waals surface area contributed by atoms with Crippen LogP contribution >= 0.6 is 0 Å². The lowest BCUT2D eigenvalue weighted by atomic mass is 9.98. The lowest BCUT2D eigenvalue weighted by Crippen LogP contribution is -2.11. The monoisotopic (exact) mass is 214 g/mol. The van der Waals surface area contributed by atoms with E-state index in [1.54, 1.807) is 14.0 Å². The van der Waals surface area contributed by atoms with E-state index in [0.29, 0.717) is 0 Å². The van der Waals surface area contributed by atoms with Crippen LogP contribution in [0.25, 0.3) is 10.8 Å². The lowest BCUT2D eigenvalue weighted by molar-refractivity contribution is -0.126. The number of Topliss-reactive ketones (excluding diaryl/α,β-unsaturated/α-hetero) is 1. The van der Waals surface area contributed by atoms with Crippen molar-refractivity contribution in [3.8, 4) is 0 Å². The number of rotatable bonds is 3. The van der Waals surface area contributed by atoms with Crippen molar-refractivity contribution in [3.05, 3.63) is 48.0 Å². The maximum atomic E-state index is 11.5. The molecular formula is C14H14O2. The topological polar surface area (TPSA) is 26.3 Å². The van der Waals surface area contributed by atoms with Crippen molar-refractivity contribution in [1.29, 1.82) is 0 Å². The molecule has 0 aromatic heterocycles. The molecule has 82 valence electrons. The molecule has 0 amide bonds. The molecule has 2 rings (SSSR count). The SMILES string of the molecule is COC(C(C)=O)c1cccc2ccccc12. The van der Waals surface area contributed by atoms with Crippen LogP contribution in [0.1, 0.15) is 18.6 Å². The van der Waals surface area contributed by atoms with Crippen LogP contribution in [0.4, 0.5) is 0 Å². The highest BCUT2D eigenvalue weighted by atomic mass is 16.5. The van der Waals surface area contributed by atoms with E-state index in [0.717, 1.165) is 16.3 Å². The van der Waals surface area contributed by atoms with E-state index in [4.69, 9.17) is 4.74 Å². The molecule has 0 aliphatic heterocycles. The molecule has 0 saturated heterocycles. The van der Waals surface area contributed by atoms with Crippen LogP contribution in [0.2, 0.25) is 0 Å². The van der Waals surface area contributed by atoms with Crippen molar-refractivity contribution in [1.82, 2.24) is 0 Å². The van der Waals surface area contributed by atoms with Gasteiger partial charge in [0.2, 0.25) is 0 Å². The number of hydrogen-bond donors (Lipinski definition) is 0. The molecule has 0 bridgehead atoms. The summed E-state index contributed by atoms with van der Waals surface area (Å²) in [5.41, 5.74) is 0.938. The Hall–Kier alpha value is -1.67. The predicted molar refractivity (Wildman–Crippen MR) is 64.4 cm³/mol. The fraction of sp³-hybridized carbons (Fsp3) is 0.214. The molecule has 1 atom stereocenters. The zero-order chi connectivity index (χ0) is 11.5. The first-order valence-corrected chi connectivity index (χ1v) is 5.25. The average Bonchev–Trinajstić information content (AvgIpc) is 2.30. The maximum Gasteiger partial charge on any atom is 0.163 e. The molecule has 2 heteroatoms. The minimum Gasteiger partial charge on any atom is -0.369 e. The molecule has 0 aliphatic rings. The Morgan fingerprint density at radius 1 is 1.12 bits per heavy atom. The maximum absolute atomic E-state index is 11.5. The molecule has 2 nitrogen and oxygen atoms in total. The Morgan fingerprint density at radius 2 is 1.81 bits per heavy atom. The van der Waals surface area contributed by atoms with E-state index in [9.17, 15) is 4.79 Å². The molecule has 0 saturated carbocycles. The van der Waals surface area contributed by atoms with Crippen molar-refractivity contribution in [2.45, 2.75) is 13.0 Å². The number of ketones is 1. The third kappa shape index (κ3) is 1.84. The number of hydrogen-bond acceptors (Lipinski definition) is 2. The fourth-order valence-corrected chi connectivity index (χ4v) is 1.99. The summed E-state index contributed by atoms with van der Waals surface area (Å²) in [4.78, 5) is 11.5. The molecule has 0 N–H and O–H groups in total. The summed E-state index contributed by atoms with van der Waals surface area (Å²) in [6.45, 7) is 1.55. The first kappa shape index (κ1) is 10.8. The number of methoxy groups -OCH3 is 1.